The lowest BCUT2D eigenvalue weighted by Gasteiger charge is -2.25. The van der Waals surface area contributed by atoms with Gasteiger partial charge in [-0.25, -0.2) is 9.59 Å². The summed E-state index contributed by atoms with van der Waals surface area (Å²) in [6.45, 7) is 0.189. The third-order valence-electron chi connectivity index (χ3n) is 6.26. The number of hydrogen-bond acceptors (Lipinski definition) is 3. The lowest BCUT2D eigenvalue weighted by Crippen LogP contribution is -2.41. The number of aliphatic carboxylic acids is 1. The van der Waals surface area contributed by atoms with Crippen molar-refractivity contribution in [3.05, 3.63) is 59.7 Å². The largest absolute Gasteiger partial charge is 0.480 e. The molecular formula is C24H27NO4. The highest BCUT2D eigenvalue weighted by Crippen LogP contribution is 2.44. The molecule has 5 nitrogen and oxygen atoms in total. The van der Waals surface area contributed by atoms with Gasteiger partial charge in [-0.3, -0.25) is 0 Å². The maximum absolute atomic E-state index is 12.3. The smallest absolute Gasteiger partial charge is 0.407 e. The molecule has 2 N–H and O–H groups in total. The summed E-state index contributed by atoms with van der Waals surface area (Å²) in [6, 6.07) is 15.4. The van der Waals surface area contributed by atoms with Crippen molar-refractivity contribution in [3.8, 4) is 11.1 Å². The number of carbonyl (C=O) groups excluding carboxylic acids is 1. The summed E-state index contributed by atoms with van der Waals surface area (Å²) in [5, 5.41) is 12.0. The number of amides is 1. The molecule has 1 amide bonds. The van der Waals surface area contributed by atoms with Crippen LogP contribution in [0.4, 0.5) is 4.79 Å². The van der Waals surface area contributed by atoms with Crippen molar-refractivity contribution in [2.45, 2.75) is 50.5 Å². The molecule has 0 heterocycles. The molecule has 5 heteroatoms. The van der Waals surface area contributed by atoms with E-state index in [1.807, 2.05) is 24.3 Å². The molecular weight excluding hydrogens is 366 g/mol. The van der Waals surface area contributed by atoms with Gasteiger partial charge in [0.15, 0.2) is 0 Å². The van der Waals surface area contributed by atoms with Crippen molar-refractivity contribution >= 4 is 12.1 Å². The number of carbonyl (C=O) groups is 2. The number of ether oxygens (including phenoxy) is 1. The third kappa shape index (κ3) is 4.29. The molecule has 2 aromatic rings. The minimum Gasteiger partial charge on any atom is -0.480 e. The Morgan fingerprint density at radius 1 is 1.03 bits per heavy atom. The fourth-order valence-corrected chi connectivity index (χ4v) is 4.43. The molecule has 0 bridgehead atoms. The number of nitrogens with one attached hydrogen (secondary N) is 1. The number of carboxylic acid groups (broad SMARTS) is 1. The monoisotopic (exact) mass is 393 g/mol. The molecule has 1 fully saturated rings. The van der Waals surface area contributed by atoms with E-state index >= 15 is 0 Å². The van der Waals surface area contributed by atoms with Crippen molar-refractivity contribution < 1.29 is 19.4 Å². The van der Waals surface area contributed by atoms with Crippen LogP contribution >= 0.6 is 0 Å². The van der Waals surface area contributed by atoms with E-state index < -0.39 is 18.1 Å². The van der Waals surface area contributed by atoms with Crippen LogP contribution in [0.5, 0.6) is 0 Å². The Balaban J connectivity index is 1.34. The summed E-state index contributed by atoms with van der Waals surface area (Å²) in [4.78, 5) is 23.8. The van der Waals surface area contributed by atoms with Gasteiger partial charge in [0.2, 0.25) is 0 Å². The molecule has 1 saturated carbocycles. The number of alkyl carbamates (subject to hydrolysis) is 1. The molecule has 4 rings (SSSR count). The van der Waals surface area contributed by atoms with Crippen LogP contribution in [0.2, 0.25) is 0 Å². The number of rotatable bonds is 8. The molecule has 2 aliphatic carbocycles. The summed E-state index contributed by atoms with van der Waals surface area (Å²) >= 11 is 0. The lowest BCUT2D eigenvalue weighted by atomic mass is 9.81. The van der Waals surface area contributed by atoms with Gasteiger partial charge < -0.3 is 15.2 Å². The maximum atomic E-state index is 12.3. The molecule has 29 heavy (non-hydrogen) atoms. The van der Waals surface area contributed by atoms with E-state index in [1.165, 1.54) is 19.3 Å². The Morgan fingerprint density at radius 2 is 1.66 bits per heavy atom. The van der Waals surface area contributed by atoms with Gasteiger partial charge in [0, 0.05) is 5.92 Å². The van der Waals surface area contributed by atoms with E-state index in [0.717, 1.165) is 41.0 Å². The lowest BCUT2D eigenvalue weighted by molar-refractivity contribution is -0.139. The predicted molar refractivity (Wildman–Crippen MR) is 111 cm³/mol. The first kappa shape index (κ1) is 19.5. The highest BCUT2D eigenvalue weighted by Gasteiger charge is 2.29. The minimum absolute atomic E-state index is 0.0324. The van der Waals surface area contributed by atoms with Crippen LogP contribution < -0.4 is 5.32 Å². The Kier molecular flexibility index (Phi) is 5.84. The number of hydrogen-bond donors (Lipinski definition) is 2. The SMILES string of the molecule is O=C(NC(CCCC1CCC1)C(=O)O)OCC1c2ccccc2-c2ccccc21. The van der Waals surface area contributed by atoms with Crippen LogP contribution in [0.15, 0.2) is 48.5 Å². The first-order chi connectivity index (χ1) is 14.1. The number of benzene rings is 2. The van der Waals surface area contributed by atoms with Gasteiger partial charge in [0.25, 0.3) is 0 Å². The minimum atomic E-state index is -1.01. The molecule has 0 saturated heterocycles. The number of carboxylic acids is 1. The van der Waals surface area contributed by atoms with Crippen LogP contribution in [0.3, 0.4) is 0 Å². The summed E-state index contributed by atoms with van der Waals surface area (Å²) in [7, 11) is 0. The van der Waals surface area contributed by atoms with E-state index in [-0.39, 0.29) is 12.5 Å². The molecule has 0 spiro atoms. The zero-order valence-electron chi connectivity index (χ0n) is 16.5. The Morgan fingerprint density at radius 3 is 2.21 bits per heavy atom. The fourth-order valence-electron chi connectivity index (χ4n) is 4.43. The van der Waals surface area contributed by atoms with Gasteiger partial charge >= 0.3 is 12.1 Å². The first-order valence-electron chi connectivity index (χ1n) is 10.5. The van der Waals surface area contributed by atoms with Crippen molar-refractivity contribution in [2.24, 2.45) is 5.92 Å². The Labute approximate surface area is 171 Å². The Hall–Kier alpha value is -2.82. The van der Waals surface area contributed by atoms with Crippen LogP contribution in [-0.2, 0) is 9.53 Å². The zero-order valence-corrected chi connectivity index (χ0v) is 16.5. The second-order valence-electron chi connectivity index (χ2n) is 8.09. The normalized spacial score (nSPS) is 16.4. The third-order valence-corrected chi connectivity index (χ3v) is 6.26. The van der Waals surface area contributed by atoms with Crippen molar-refractivity contribution in [1.82, 2.24) is 5.32 Å². The highest BCUT2D eigenvalue weighted by molar-refractivity contribution is 5.81. The zero-order chi connectivity index (χ0) is 20.2. The van der Waals surface area contributed by atoms with Crippen LogP contribution in [0.1, 0.15) is 55.6 Å². The van der Waals surface area contributed by atoms with Gasteiger partial charge in [-0.05, 0) is 34.6 Å². The van der Waals surface area contributed by atoms with Crippen LogP contribution in [0, 0.1) is 5.92 Å². The average molecular weight is 393 g/mol. The quantitative estimate of drug-likeness (QED) is 0.665. The summed E-state index contributed by atoms with van der Waals surface area (Å²) < 4.78 is 5.47. The second kappa shape index (κ2) is 8.68. The van der Waals surface area contributed by atoms with Crippen molar-refractivity contribution in [3.63, 3.8) is 0 Å². The first-order valence-corrected chi connectivity index (χ1v) is 10.5. The highest BCUT2D eigenvalue weighted by atomic mass is 16.5. The Bertz CT molecular complexity index is 844. The topological polar surface area (TPSA) is 75.6 Å². The molecule has 0 aromatic heterocycles. The van der Waals surface area contributed by atoms with Gasteiger partial charge in [-0.1, -0.05) is 80.6 Å². The van der Waals surface area contributed by atoms with E-state index in [9.17, 15) is 14.7 Å². The molecule has 1 unspecified atom stereocenters. The van der Waals surface area contributed by atoms with Crippen molar-refractivity contribution in [2.75, 3.05) is 6.61 Å². The van der Waals surface area contributed by atoms with E-state index in [1.54, 1.807) is 0 Å². The molecule has 2 aromatic carbocycles. The molecule has 0 aliphatic heterocycles. The summed E-state index contributed by atoms with van der Waals surface area (Å²) in [5.41, 5.74) is 4.60. The van der Waals surface area contributed by atoms with E-state index in [4.69, 9.17) is 4.74 Å². The molecule has 1 atom stereocenters. The fraction of sp³-hybridized carbons (Fsp3) is 0.417. The van der Waals surface area contributed by atoms with Gasteiger partial charge in [0.05, 0.1) is 0 Å². The van der Waals surface area contributed by atoms with Crippen molar-refractivity contribution in [1.29, 1.82) is 0 Å². The summed E-state index contributed by atoms with van der Waals surface area (Å²) in [6.07, 6.45) is 5.40. The summed E-state index contributed by atoms with van der Waals surface area (Å²) in [5.74, 6) is -0.305. The molecule has 152 valence electrons. The van der Waals surface area contributed by atoms with Gasteiger partial charge in [-0.2, -0.15) is 0 Å². The standard InChI is InChI=1S/C24H27NO4/c26-23(27)22(14-6-9-16-7-5-8-16)25-24(28)29-15-21-19-12-3-1-10-17(19)18-11-2-4-13-20(18)21/h1-4,10-13,16,21-22H,5-9,14-15H2,(H,25,28)(H,26,27). The van der Waals surface area contributed by atoms with Crippen LogP contribution in [0.25, 0.3) is 11.1 Å². The second-order valence-corrected chi connectivity index (χ2v) is 8.09. The van der Waals surface area contributed by atoms with Crippen LogP contribution in [-0.4, -0.2) is 29.8 Å². The van der Waals surface area contributed by atoms with E-state index in [0.29, 0.717) is 6.42 Å². The maximum Gasteiger partial charge on any atom is 0.407 e. The number of fused-ring (bicyclic) bond motifs is 3. The molecule has 0 radical (unpaired) electrons. The van der Waals surface area contributed by atoms with Gasteiger partial charge in [0.1, 0.15) is 12.6 Å². The predicted octanol–water partition coefficient (Wildman–Crippen LogP) is 4.95. The van der Waals surface area contributed by atoms with Gasteiger partial charge in [-0.15, -0.1) is 0 Å². The van der Waals surface area contributed by atoms with E-state index in [2.05, 4.69) is 29.6 Å². The average Bonchev–Trinajstić information content (AvgIpc) is 3.01. The molecule has 2 aliphatic rings.